The molecule has 9 heteroatoms. The summed E-state index contributed by atoms with van der Waals surface area (Å²) in [5, 5.41) is 13.1. The minimum absolute atomic E-state index is 0.0556. The molecule has 2 N–H and O–H groups in total. The average molecular weight is 471 g/mol. The number of nitrogens with one attached hydrogen (secondary N) is 2. The number of aromatic nitrogens is 1. The van der Waals surface area contributed by atoms with Crippen LogP contribution in [0.1, 0.15) is 44.0 Å². The van der Waals surface area contributed by atoms with Crippen LogP contribution in [0.25, 0.3) is 0 Å². The van der Waals surface area contributed by atoms with Crippen LogP contribution in [0.2, 0.25) is 5.02 Å². The molecule has 0 unspecified atom stereocenters. The first kappa shape index (κ1) is 22.1. The summed E-state index contributed by atoms with van der Waals surface area (Å²) in [5.74, 6) is -0.880. The molecular weight excluding hydrogens is 451 g/mol. The molecule has 0 spiro atoms. The van der Waals surface area contributed by atoms with Crippen molar-refractivity contribution in [3.05, 3.63) is 80.4 Å². The predicted octanol–water partition coefficient (Wildman–Crippen LogP) is 5.03. The standard InChI is InChI=1S/C23H20ClFN4O2S/c24-16-4-6-20(27-13-16)28-23(31)21-14(7-10-32-21)12-19(30)17-5-3-15(11-18(17)25)22(26)29-8-1-2-9-29/h3-7,10-11,13,26H,1-2,8-9,12H2,(H,27,28,31). The summed E-state index contributed by atoms with van der Waals surface area (Å²) in [4.78, 5) is 31.7. The third-order valence-corrected chi connectivity index (χ3v) is 6.42. The molecule has 0 saturated carbocycles. The second-order valence-corrected chi connectivity index (χ2v) is 8.78. The highest BCUT2D eigenvalue weighted by atomic mass is 35.5. The highest BCUT2D eigenvalue weighted by Gasteiger charge is 2.21. The number of amides is 1. The molecule has 0 aliphatic carbocycles. The van der Waals surface area contributed by atoms with Crippen LogP contribution < -0.4 is 5.32 Å². The lowest BCUT2D eigenvalue weighted by Crippen LogP contribution is -2.27. The fourth-order valence-corrected chi connectivity index (χ4v) is 4.51. The van der Waals surface area contributed by atoms with Crippen molar-refractivity contribution in [3.8, 4) is 0 Å². The summed E-state index contributed by atoms with van der Waals surface area (Å²) >= 11 is 7.00. The Morgan fingerprint density at radius 3 is 2.66 bits per heavy atom. The molecule has 32 heavy (non-hydrogen) atoms. The van der Waals surface area contributed by atoms with Crippen LogP contribution in [0.3, 0.4) is 0 Å². The van der Waals surface area contributed by atoms with E-state index in [1.807, 2.05) is 4.90 Å². The van der Waals surface area contributed by atoms with Gasteiger partial charge >= 0.3 is 0 Å². The van der Waals surface area contributed by atoms with Gasteiger partial charge in [-0.15, -0.1) is 11.3 Å². The second-order valence-electron chi connectivity index (χ2n) is 7.43. The maximum absolute atomic E-state index is 14.7. The van der Waals surface area contributed by atoms with E-state index in [-0.39, 0.29) is 17.8 Å². The average Bonchev–Trinajstić information content (AvgIpc) is 3.47. The maximum atomic E-state index is 14.7. The van der Waals surface area contributed by atoms with Gasteiger partial charge in [0.15, 0.2) is 5.78 Å². The molecule has 0 atom stereocenters. The molecule has 4 rings (SSSR count). The minimum atomic E-state index is -0.664. The van der Waals surface area contributed by atoms with Crippen molar-refractivity contribution in [2.24, 2.45) is 0 Å². The number of hydrogen-bond donors (Lipinski definition) is 2. The van der Waals surface area contributed by atoms with E-state index >= 15 is 0 Å². The quantitative estimate of drug-likeness (QED) is 0.300. The number of hydrogen-bond acceptors (Lipinski definition) is 5. The van der Waals surface area contributed by atoms with Gasteiger partial charge in [0.25, 0.3) is 5.91 Å². The van der Waals surface area contributed by atoms with Gasteiger partial charge in [-0.2, -0.15) is 0 Å². The van der Waals surface area contributed by atoms with Gasteiger partial charge in [-0.05, 0) is 54.1 Å². The fraction of sp³-hybridized carbons (Fsp3) is 0.217. The highest BCUT2D eigenvalue weighted by molar-refractivity contribution is 7.12. The molecule has 3 aromatic rings. The van der Waals surface area contributed by atoms with Crippen LogP contribution in [-0.2, 0) is 6.42 Å². The van der Waals surface area contributed by atoms with Crippen LogP contribution in [0.5, 0.6) is 0 Å². The van der Waals surface area contributed by atoms with Crippen LogP contribution in [0.4, 0.5) is 10.2 Å². The number of Topliss-reactive ketones (excluding diaryl/α,β-unsaturated/α-hetero) is 1. The molecule has 0 bridgehead atoms. The monoisotopic (exact) mass is 470 g/mol. The van der Waals surface area contributed by atoms with Crippen LogP contribution in [-0.4, -0.2) is 40.5 Å². The summed E-state index contributed by atoms with van der Waals surface area (Å²) in [5.41, 5.74) is 0.909. The van der Waals surface area contributed by atoms with Gasteiger partial charge in [-0.3, -0.25) is 15.0 Å². The zero-order valence-electron chi connectivity index (χ0n) is 17.0. The number of amidine groups is 1. The van der Waals surface area contributed by atoms with Crippen molar-refractivity contribution in [2.75, 3.05) is 18.4 Å². The first-order chi connectivity index (χ1) is 15.4. The minimum Gasteiger partial charge on any atom is -0.357 e. The lowest BCUT2D eigenvalue weighted by atomic mass is 10.0. The van der Waals surface area contributed by atoms with E-state index in [1.54, 1.807) is 29.6 Å². The van der Waals surface area contributed by atoms with E-state index in [2.05, 4.69) is 10.3 Å². The van der Waals surface area contributed by atoms with Gasteiger partial charge in [0, 0.05) is 31.3 Å². The predicted molar refractivity (Wildman–Crippen MR) is 124 cm³/mol. The van der Waals surface area contributed by atoms with Crippen LogP contribution in [0.15, 0.2) is 48.0 Å². The number of pyridine rings is 1. The van der Waals surface area contributed by atoms with E-state index < -0.39 is 17.5 Å². The Bertz CT molecular complexity index is 1170. The largest absolute Gasteiger partial charge is 0.357 e. The fourth-order valence-electron chi connectivity index (χ4n) is 3.58. The SMILES string of the molecule is N=C(c1ccc(C(=O)Cc2ccsc2C(=O)Nc2ccc(Cl)cn2)c(F)c1)N1CCCC1. The number of likely N-dealkylation sites (tertiary alicyclic amines) is 1. The molecule has 1 amide bonds. The molecule has 1 aromatic carbocycles. The molecule has 1 aliphatic heterocycles. The molecule has 1 fully saturated rings. The number of rotatable bonds is 6. The summed E-state index contributed by atoms with van der Waals surface area (Å²) in [6.45, 7) is 1.57. The second kappa shape index (κ2) is 9.58. The van der Waals surface area contributed by atoms with Crippen molar-refractivity contribution in [1.82, 2.24) is 9.88 Å². The summed E-state index contributed by atoms with van der Waals surface area (Å²) in [6, 6.07) is 9.13. The first-order valence-electron chi connectivity index (χ1n) is 10.1. The van der Waals surface area contributed by atoms with Crippen molar-refractivity contribution in [2.45, 2.75) is 19.3 Å². The van der Waals surface area contributed by atoms with E-state index in [1.165, 1.54) is 29.7 Å². The summed E-state index contributed by atoms with van der Waals surface area (Å²) in [7, 11) is 0. The normalized spacial score (nSPS) is 13.2. The van der Waals surface area contributed by atoms with Gasteiger partial charge < -0.3 is 10.2 Å². The maximum Gasteiger partial charge on any atom is 0.267 e. The zero-order valence-corrected chi connectivity index (χ0v) is 18.6. The number of nitrogens with zero attached hydrogens (tertiary/aromatic N) is 2. The van der Waals surface area contributed by atoms with E-state index in [4.69, 9.17) is 17.0 Å². The number of benzene rings is 1. The van der Waals surface area contributed by atoms with Crippen molar-refractivity contribution >= 4 is 46.3 Å². The van der Waals surface area contributed by atoms with Crippen molar-refractivity contribution in [1.29, 1.82) is 5.41 Å². The topological polar surface area (TPSA) is 86.1 Å². The Kier molecular flexibility index (Phi) is 6.62. The molecule has 6 nitrogen and oxygen atoms in total. The van der Waals surface area contributed by atoms with Crippen LogP contribution in [0, 0.1) is 11.2 Å². The zero-order chi connectivity index (χ0) is 22.7. The van der Waals surface area contributed by atoms with Crippen LogP contribution >= 0.6 is 22.9 Å². The molecule has 3 heterocycles. The molecular formula is C23H20ClFN4O2S. The number of carbonyl (C=O) groups excluding carboxylic acids is 2. The van der Waals surface area contributed by atoms with Crippen molar-refractivity contribution in [3.63, 3.8) is 0 Å². The van der Waals surface area contributed by atoms with E-state index in [0.717, 1.165) is 25.9 Å². The van der Waals surface area contributed by atoms with Gasteiger partial charge in [-0.25, -0.2) is 9.37 Å². The Labute approximate surface area is 193 Å². The first-order valence-corrected chi connectivity index (χ1v) is 11.3. The molecule has 1 saturated heterocycles. The van der Waals surface area contributed by atoms with Crippen molar-refractivity contribution < 1.29 is 14.0 Å². The summed E-state index contributed by atoms with van der Waals surface area (Å²) < 4.78 is 14.7. The number of halogens is 2. The van der Waals surface area contributed by atoms with Gasteiger partial charge in [0.1, 0.15) is 17.5 Å². The number of carbonyl (C=O) groups is 2. The Morgan fingerprint density at radius 1 is 1.19 bits per heavy atom. The van der Waals surface area contributed by atoms with Gasteiger partial charge in [-0.1, -0.05) is 17.7 Å². The Hall–Kier alpha value is -3.10. The summed E-state index contributed by atoms with van der Waals surface area (Å²) in [6.07, 6.45) is 3.35. The Balaban J connectivity index is 1.46. The molecule has 164 valence electrons. The number of anilines is 1. The number of thiophene rings is 1. The smallest absolute Gasteiger partial charge is 0.267 e. The lowest BCUT2D eigenvalue weighted by Gasteiger charge is -2.18. The van der Waals surface area contributed by atoms with Gasteiger partial charge in [0.05, 0.1) is 15.5 Å². The highest BCUT2D eigenvalue weighted by Crippen LogP contribution is 2.22. The Morgan fingerprint density at radius 2 is 1.97 bits per heavy atom. The third-order valence-electron chi connectivity index (χ3n) is 5.24. The third kappa shape index (κ3) is 4.87. The molecule has 0 radical (unpaired) electrons. The van der Waals surface area contributed by atoms with Gasteiger partial charge in [0.2, 0.25) is 0 Å². The van der Waals surface area contributed by atoms with E-state index in [9.17, 15) is 14.0 Å². The number of ketones is 1. The molecule has 1 aliphatic rings. The molecule has 2 aromatic heterocycles. The van der Waals surface area contributed by atoms with E-state index in [0.29, 0.717) is 26.8 Å². The lowest BCUT2D eigenvalue weighted by molar-refractivity contribution is 0.0989.